The van der Waals surface area contributed by atoms with Crippen molar-refractivity contribution in [2.75, 3.05) is 6.61 Å². The molecule has 0 spiro atoms. The number of ketones is 1. The number of carbonyl (C=O) groups is 3. The molecule has 200 valence electrons. The van der Waals surface area contributed by atoms with Crippen LogP contribution in [0.4, 0.5) is 0 Å². The minimum atomic E-state index is -1.19. The van der Waals surface area contributed by atoms with E-state index >= 15 is 0 Å². The first-order chi connectivity index (χ1) is 16.8. The number of carbonyl (C=O) groups excluding carboxylic acids is 2. The number of amides is 1. The van der Waals surface area contributed by atoms with E-state index in [2.05, 4.69) is 30.4 Å². The van der Waals surface area contributed by atoms with E-state index in [9.17, 15) is 24.6 Å². The zero-order valence-electron chi connectivity index (χ0n) is 22.3. The summed E-state index contributed by atoms with van der Waals surface area (Å²) in [6.45, 7) is 9.23. The summed E-state index contributed by atoms with van der Waals surface area (Å²) in [6.07, 6.45) is 9.29. The summed E-state index contributed by atoms with van der Waals surface area (Å²) in [5, 5.41) is 27.2. The number of aliphatic carboxylic acids is 1. The molecule has 0 aromatic rings. The van der Waals surface area contributed by atoms with Gasteiger partial charge in [0, 0.05) is 5.41 Å². The number of nitrogens with one attached hydrogen (secondary N) is 1. The molecule has 4 unspecified atom stereocenters. The average molecular weight is 503 g/mol. The summed E-state index contributed by atoms with van der Waals surface area (Å²) in [4.78, 5) is 41.1. The molecule has 8 nitrogen and oxygen atoms in total. The SMILES string of the molecule is CC(=O)[C@@]1(O)CCC2C3CCC4=CC(=NOCC(=O)NC(C(=O)O)C(C)C)CC[C@]4(C)C3CC[C@@]21C. The Labute approximate surface area is 213 Å². The Bertz CT molecular complexity index is 989. The summed E-state index contributed by atoms with van der Waals surface area (Å²) in [6, 6.07) is -0.954. The van der Waals surface area contributed by atoms with Gasteiger partial charge in [0.05, 0.1) is 5.71 Å². The van der Waals surface area contributed by atoms with Gasteiger partial charge in [-0.1, -0.05) is 38.4 Å². The van der Waals surface area contributed by atoms with Crippen molar-refractivity contribution in [3.8, 4) is 0 Å². The highest BCUT2D eigenvalue weighted by atomic mass is 16.6. The van der Waals surface area contributed by atoms with Crippen molar-refractivity contribution in [3.63, 3.8) is 0 Å². The standard InChI is InChI=1S/C28H42N2O6/c1-16(2)24(25(33)34)29-23(32)15-36-30-19-8-11-26(4)18(14-19)6-7-20-21(26)9-12-27(5)22(20)10-13-28(27,35)17(3)31/h14,16,20-22,24,35H,6-13,15H2,1-5H3,(H,29,32)(H,33,34)/t20?,21?,22?,24?,26-,27-,28-/m0/s1. The van der Waals surface area contributed by atoms with Crippen LogP contribution in [0.5, 0.6) is 0 Å². The van der Waals surface area contributed by atoms with Crippen LogP contribution in [-0.2, 0) is 19.2 Å². The van der Waals surface area contributed by atoms with Crippen molar-refractivity contribution in [1.29, 1.82) is 0 Å². The van der Waals surface area contributed by atoms with Gasteiger partial charge in [0.15, 0.2) is 12.4 Å². The number of Topliss-reactive ketones (excluding diaryl/α,β-unsaturated/α-hetero) is 1. The van der Waals surface area contributed by atoms with Crippen molar-refractivity contribution in [2.45, 2.75) is 97.6 Å². The van der Waals surface area contributed by atoms with E-state index in [1.165, 1.54) is 5.57 Å². The van der Waals surface area contributed by atoms with Crippen LogP contribution in [0.3, 0.4) is 0 Å². The minimum absolute atomic E-state index is 0.0730. The number of hydrogen-bond donors (Lipinski definition) is 3. The molecule has 0 aliphatic heterocycles. The molecule has 3 saturated carbocycles. The maximum absolute atomic E-state index is 12.4. The molecule has 3 fully saturated rings. The van der Waals surface area contributed by atoms with E-state index in [4.69, 9.17) is 4.84 Å². The molecule has 0 bridgehead atoms. The quantitative estimate of drug-likeness (QED) is 0.454. The van der Waals surface area contributed by atoms with Gasteiger partial charge in [0.2, 0.25) is 0 Å². The Balaban J connectivity index is 1.42. The monoisotopic (exact) mass is 502 g/mol. The molecule has 0 heterocycles. The Morgan fingerprint density at radius 3 is 2.44 bits per heavy atom. The highest BCUT2D eigenvalue weighted by Crippen LogP contribution is 2.67. The molecular weight excluding hydrogens is 460 g/mol. The predicted octanol–water partition coefficient (Wildman–Crippen LogP) is 3.87. The third-order valence-corrected chi connectivity index (χ3v) is 10.3. The Kier molecular flexibility index (Phi) is 7.14. The third kappa shape index (κ3) is 4.29. The van der Waals surface area contributed by atoms with Gasteiger partial charge in [-0.3, -0.25) is 9.59 Å². The molecule has 0 aromatic carbocycles. The van der Waals surface area contributed by atoms with Gasteiger partial charge in [0.25, 0.3) is 5.91 Å². The van der Waals surface area contributed by atoms with Crippen LogP contribution < -0.4 is 5.32 Å². The lowest BCUT2D eigenvalue weighted by atomic mass is 9.46. The largest absolute Gasteiger partial charge is 0.480 e. The second-order valence-electron chi connectivity index (χ2n) is 12.4. The molecule has 1 amide bonds. The van der Waals surface area contributed by atoms with Gasteiger partial charge >= 0.3 is 5.97 Å². The predicted molar refractivity (Wildman–Crippen MR) is 135 cm³/mol. The third-order valence-electron chi connectivity index (χ3n) is 10.3. The van der Waals surface area contributed by atoms with Crippen LogP contribution in [0.1, 0.15) is 86.0 Å². The summed E-state index contributed by atoms with van der Waals surface area (Å²) in [5.41, 5.74) is 0.761. The first kappa shape index (κ1) is 26.8. The van der Waals surface area contributed by atoms with E-state index < -0.39 is 23.5 Å². The second-order valence-corrected chi connectivity index (χ2v) is 12.4. The normalized spacial score (nSPS) is 39.5. The number of rotatable bonds is 7. The fourth-order valence-electron chi connectivity index (χ4n) is 8.14. The molecule has 3 N–H and O–H groups in total. The first-order valence-corrected chi connectivity index (χ1v) is 13.5. The summed E-state index contributed by atoms with van der Waals surface area (Å²) < 4.78 is 0. The van der Waals surface area contributed by atoms with E-state index in [1.54, 1.807) is 20.8 Å². The summed E-state index contributed by atoms with van der Waals surface area (Å²) >= 11 is 0. The highest BCUT2D eigenvalue weighted by Gasteiger charge is 2.65. The van der Waals surface area contributed by atoms with Crippen molar-refractivity contribution in [3.05, 3.63) is 11.6 Å². The molecule has 8 heteroatoms. The van der Waals surface area contributed by atoms with Gasteiger partial charge in [-0.2, -0.15) is 0 Å². The van der Waals surface area contributed by atoms with Crippen molar-refractivity contribution >= 4 is 23.4 Å². The fraction of sp³-hybridized carbons (Fsp3) is 0.786. The van der Waals surface area contributed by atoms with Crippen molar-refractivity contribution in [1.82, 2.24) is 5.32 Å². The van der Waals surface area contributed by atoms with Gasteiger partial charge in [-0.05, 0) is 93.5 Å². The number of fused-ring (bicyclic) bond motifs is 5. The molecule has 36 heavy (non-hydrogen) atoms. The molecule has 4 aliphatic rings. The zero-order valence-corrected chi connectivity index (χ0v) is 22.3. The van der Waals surface area contributed by atoms with Crippen LogP contribution in [0.2, 0.25) is 0 Å². The molecule has 0 radical (unpaired) electrons. The van der Waals surface area contributed by atoms with Crippen LogP contribution in [-0.4, -0.2) is 51.8 Å². The summed E-state index contributed by atoms with van der Waals surface area (Å²) in [7, 11) is 0. The number of carboxylic acid groups (broad SMARTS) is 1. The second kappa shape index (κ2) is 9.58. The van der Waals surface area contributed by atoms with Crippen LogP contribution in [0.15, 0.2) is 16.8 Å². The fourth-order valence-corrected chi connectivity index (χ4v) is 8.14. The van der Waals surface area contributed by atoms with Gasteiger partial charge in [-0.15, -0.1) is 0 Å². The van der Waals surface area contributed by atoms with E-state index in [0.29, 0.717) is 24.2 Å². The van der Waals surface area contributed by atoms with Gasteiger partial charge in [0.1, 0.15) is 11.6 Å². The van der Waals surface area contributed by atoms with Crippen LogP contribution in [0, 0.1) is 34.5 Å². The highest BCUT2D eigenvalue weighted by molar-refractivity contribution is 5.96. The number of allylic oxidation sites excluding steroid dienone is 2. The van der Waals surface area contributed by atoms with Crippen LogP contribution in [0.25, 0.3) is 0 Å². The smallest absolute Gasteiger partial charge is 0.326 e. The van der Waals surface area contributed by atoms with Crippen molar-refractivity contribution in [2.24, 2.45) is 39.7 Å². The topological polar surface area (TPSA) is 125 Å². The molecule has 7 atom stereocenters. The molecule has 4 aliphatic carbocycles. The number of hydrogen-bond acceptors (Lipinski definition) is 6. The Morgan fingerprint density at radius 2 is 1.81 bits per heavy atom. The lowest BCUT2D eigenvalue weighted by Gasteiger charge is -2.59. The molecular formula is C28H42N2O6. The number of nitrogens with zero attached hydrogens (tertiary/aromatic N) is 1. The number of oxime groups is 1. The lowest BCUT2D eigenvalue weighted by Crippen LogP contribution is -2.57. The zero-order chi connectivity index (χ0) is 26.5. The van der Waals surface area contributed by atoms with E-state index in [-0.39, 0.29) is 29.1 Å². The van der Waals surface area contributed by atoms with Gasteiger partial charge in [-0.25, -0.2) is 4.79 Å². The van der Waals surface area contributed by atoms with Crippen molar-refractivity contribution < 1.29 is 29.4 Å². The van der Waals surface area contributed by atoms with E-state index in [0.717, 1.165) is 50.7 Å². The van der Waals surface area contributed by atoms with Crippen LogP contribution >= 0.6 is 0 Å². The Morgan fingerprint density at radius 1 is 1.11 bits per heavy atom. The molecule has 4 rings (SSSR count). The number of carboxylic acids is 1. The maximum Gasteiger partial charge on any atom is 0.326 e. The van der Waals surface area contributed by atoms with Gasteiger partial charge < -0.3 is 20.4 Å². The minimum Gasteiger partial charge on any atom is -0.480 e. The maximum atomic E-state index is 12.4. The lowest BCUT2D eigenvalue weighted by molar-refractivity contribution is -0.159. The Hall–Kier alpha value is -2.22. The summed E-state index contributed by atoms with van der Waals surface area (Å²) in [5.74, 6) is -0.455. The first-order valence-electron chi connectivity index (χ1n) is 13.5. The molecule has 0 aromatic heterocycles. The number of aliphatic hydroxyl groups is 1. The molecule has 0 saturated heterocycles. The van der Waals surface area contributed by atoms with E-state index in [1.807, 2.05) is 0 Å². The average Bonchev–Trinajstić information content (AvgIpc) is 3.09.